The Kier molecular flexibility index (Phi) is 10.8. The minimum atomic E-state index is -0.238. The molecule has 0 aliphatic heterocycles. The molecule has 1 unspecified atom stereocenters. The minimum Gasteiger partial charge on any atom is -0.376 e. The van der Waals surface area contributed by atoms with Gasteiger partial charge in [-0.1, -0.05) is 6.92 Å². The monoisotopic (exact) mass is 205 g/mol. The van der Waals surface area contributed by atoms with E-state index in [-0.39, 0.29) is 6.29 Å². The Morgan fingerprint density at radius 1 is 1.14 bits per heavy atom. The van der Waals surface area contributed by atoms with Crippen LogP contribution >= 0.6 is 0 Å². The predicted molar refractivity (Wildman–Crippen MR) is 56.1 cm³/mol. The predicted octanol–water partition coefficient (Wildman–Crippen LogP) is 1.14. The van der Waals surface area contributed by atoms with Crippen LogP contribution in [0.15, 0.2) is 0 Å². The van der Waals surface area contributed by atoms with E-state index in [1.165, 1.54) is 0 Å². The van der Waals surface area contributed by atoms with Crippen LogP contribution in [0.3, 0.4) is 0 Å². The summed E-state index contributed by atoms with van der Waals surface area (Å²) < 4.78 is 16.1. The number of nitrogens with two attached hydrogens (primary N) is 1. The lowest BCUT2D eigenvalue weighted by molar-refractivity contribution is -0.170. The van der Waals surface area contributed by atoms with Crippen molar-refractivity contribution in [1.82, 2.24) is 0 Å². The van der Waals surface area contributed by atoms with Crippen LogP contribution in [-0.2, 0) is 14.2 Å². The quantitative estimate of drug-likeness (QED) is 0.429. The second kappa shape index (κ2) is 10.9. The molecular formula is C10H23NO3. The molecule has 0 bridgehead atoms. The van der Waals surface area contributed by atoms with Gasteiger partial charge in [-0.3, -0.25) is 0 Å². The summed E-state index contributed by atoms with van der Waals surface area (Å²) in [5, 5.41) is 0. The lowest BCUT2D eigenvalue weighted by Gasteiger charge is -2.17. The Hall–Kier alpha value is -0.160. The smallest absolute Gasteiger partial charge is 0.180 e. The molecule has 0 rings (SSSR count). The number of hydrogen-bond acceptors (Lipinski definition) is 4. The van der Waals surface area contributed by atoms with E-state index < -0.39 is 0 Å². The molecule has 14 heavy (non-hydrogen) atoms. The lowest BCUT2D eigenvalue weighted by atomic mass is 10.5. The fraction of sp³-hybridized carbons (Fsp3) is 1.00. The molecular weight excluding hydrogens is 182 g/mol. The van der Waals surface area contributed by atoms with Crippen LogP contribution in [0.5, 0.6) is 0 Å². The zero-order valence-electron chi connectivity index (χ0n) is 9.33. The maximum atomic E-state index is 5.44. The van der Waals surface area contributed by atoms with Crippen LogP contribution in [0.4, 0.5) is 0 Å². The van der Waals surface area contributed by atoms with E-state index in [1.807, 2.05) is 6.92 Å². The molecule has 0 saturated carbocycles. The molecule has 0 aromatic carbocycles. The maximum absolute atomic E-state index is 5.44. The van der Waals surface area contributed by atoms with Gasteiger partial charge in [0.15, 0.2) is 6.29 Å². The lowest BCUT2D eigenvalue weighted by Crippen LogP contribution is -2.25. The van der Waals surface area contributed by atoms with Gasteiger partial charge >= 0.3 is 0 Å². The van der Waals surface area contributed by atoms with Gasteiger partial charge in [-0.2, -0.15) is 0 Å². The highest BCUT2D eigenvalue weighted by Gasteiger charge is 2.07. The van der Waals surface area contributed by atoms with Crippen molar-refractivity contribution in [3.05, 3.63) is 0 Å². The van der Waals surface area contributed by atoms with E-state index in [4.69, 9.17) is 19.9 Å². The van der Waals surface area contributed by atoms with Crippen LogP contribution < -0.4 is 5.73 Å². The summed E-state index contributed by atoms with van der Waals surface area (Å²) in [7, 11) is 0. The molecule has 0 heterocycles. The van der Waals surface area contributed by atoms with Crippen LogP contribution in [0.2, 0.25) is 0 Å². The highest BCUT2D eigenvalue weighted by Crippen LogP contribution is 1.98. The van der Waals surface area contributed by atoms with Crippen molar-refractivity contribution >= 4 is 0 Å². The van der Waals surface area contributed by atoms with E-state index >= 15 is 0 Å². The molecule has 0 fully saturated rings. The molecule has 2 N–H and O–H groups in total. The van der Waals surface area contributed by atoms with E-state index in [2.05, 4.69) is 6.92 Å². The highest BCUT2D eigenvalue weighted by atomic mass is 16.7. The van der Waals surface area contributed by atoms with Gasteiger partial charge in [0.25, 0.3) is 0 Å². The summed E-state index contributed by atoms with van der Waals surface area (Å²) in [6.07, 6.45) is 1.64. The molecule has 0 amide bonds. The Morgan fingerprint density at radius 3 is 2.50 bits per heavy atom. The molecule has 0 aliphatic rings. The zero-order chi connectivity index (χ0) is 10.6. The van der Waals surface area contributed by atoms with E-state index in [1.54, 1.807) is 0 Å². The topological polar surface area (TPSA) is 53.7 Å². The second-order valence-corrected chi connectivity index (χ2v) is 2.97. The molecule has 1 atom stereocenters. The summed E-state index contributed by atoms with van der Waals surface area (Å²) in [6.45, 7) is 7.20. The highest BCUT2D eigenvalue weighted by molar-refractivity contribution is 4.44. The van der Waals surface area contributed by atoms with Gasteiger partial charge in [0.2, 0.25) is 0 Å². The maximum Gasteiger partial charge on any atom is 0.180 e. The third-order valence-electron chi connectivity index (χ3n) is 1.61. The van der Waals surface area contributed by atoms with Crippen LogP contribution in [0.25, 0.3) is 0 Å². The summed E-state index contributed by atoms with van der Waals surface area (Å²) in [5.41, 5.74) is 5.36. The second-order valence-electron chi connectivity index (χ2n) is 2.97. The van der Waals surface area contributed by atoms with Gasteiger partial charge in [-0.05, 0) is 26.3 Å². The molecule has 4 heteroatoms. The fourth-order valence-corrected chi connectivity index (χ4v) is 0.952. The van der Waals surface area contributed by atoms with Gasteiger partial charge in [0, 0.05) is 13.2 Å². The first-order valence-corrected chi connectivity index (χ1v) is 5.36. The Balaban J connectivity index is 3.44. The zero-order valence-corrected chi connectivity index (χ0v) is 9.33. The van der Waals surface area contributed by atoms with Crippen molar-refractivity contribution < 1.29 is 14.2 Å². The minimum absolute atomic E-state index is 0.238. The van der Waals surface area contributed by atoms with Gasteiger partial charge < -0.3 is 19.9 Å². The average Bonchev–Trinajstić information content (AvgIpc) is 2.18. The van der Waals surface area contributed by atoms with Gasteiger partial charge in [-0.25, -0.2) is 0 Å². The molecule has 86 valence electrons. The number of ether oxygens (including phenoxy) is 3. The first kappa shape index (κ1) is 13.8. The summed E-state index contributed by atoms with van der Waals surface area (Å²) >= 11 is 0. The average molecular weight is 205 g/mol. The van der Waals surface area contributed by atoms with Gasteiger partial charge in [0.05, 0.1) is 13.2 Å². The first-order chi connectivity index (χ1) is 6.85. The Morgan fingerprint density at radius 2 is 1.93 bits per heavy atom. The van der Waals surface area contributed by atoms with E-state index in [0.29, 0.717) is 26.4 Å². The molecule has 0 aromatic heterocycles. The third kappa shape index (κ3) is 8.44. The SMILES string of the molecule is CCCOCC(OCC)OCCCN. The Labute approximate surface area is 86.7 Å². The summed E-state index contributed by atoms with van der Waals surface area (Å²) in [5.74, 6) is 0. The van der Waals surface area contributed by atoms with Gasteiger partial charge in [-0.15, -0.1) is 0 Å². The standard InChI is InChI=1S/C10H23NO3/c1-3-7-12-9-10(13-4-2)14-8-5-6-11/h10H,3-9,11H2,1-2H3. The van der Waals surface area contributed by atoms with Crippen LogP contribution in [0, 0.1) is 0 Å². The molecule has 0 aliphatic carbocycles. The third-order valence-corrected chi connectivity index (χ3v) is 1.61. The van der Waals surface area contributed by atoms with E-state index in [0.717, 1.165) is 19.4 Å². The largest absolute Gasteiger partial charge is 0.376 e. The van der Waals surface area contributed by atoms with Crippen LogP contribution in [-0.4, -0.2) is 39.3 Å². The molecule has 0 aromatic rings. The Bertz CT molecular complexity index is 102. The normalized spacial score (nSPS) is 13.1. The molecule has 0 radical (unpaired) electrons. The molecule has 0 spiro atoms. The van der Waals surface area contributed by atoms with Crippen molar-refractivity contribution in [2.24, 2.45) is 5.73 Å². The summed E-state index contributed by atoms with van der Waals surface area (Å²) in [6, 6.07) is 0. The summed E-state index contributed by atoms with van der Waals surface area (Å²) in [4.78, 5) is 0. The molecule has 4 nitrogen and oxygen atoms in total. The van der Waals surface area contributed by atoms with Crippen molar-refractivity contribution in [2.75, 3.05) is 33.0 Å². The van der Waals surface area contributed by atoms with Crippen molar-refractivity contribution in [3.63, 3.8) is 0 Å². The van der Waals surface area contributed by atoms with Crippen molar-refractivity contribution in [3.8, 4) is 0 Å². The van der Waals surface area contributed by atoms with Crippen molar-refractivity contribution in [2.45, 2.75) is 33.0 Å². The van der Waals surface area contributed by atoms with Gasteiger partial charge in [0.1, 0.15) is 0 Å². The fourth-order valence-electron chi connectivity index (χ4n) is 0.952. The molecule has 0 saturated heterocycles. The van der Waals surface area contributed by atoms with E-state index in [9.17, 15) is 0 Å². The van der Waals surface area contributed by atoms with Crippen LogP contribution in [0.1, 0.15) is 26.7 Å². The first-order valence-electron chi connectivity index (χ1n) is 5.36. The van der Waals surface area contributed by atoms with Crippen molar-refractivity contribution in [1.29, 1.82) is 0 Å². The number of rotatable bonds is 10. The number of hydrogen-bond donors (Lipinski definition) is 1.